The Kier molecular flexibility index (Phi) is 6.09. The molecule has 0 spiro atoms. The lowest BCUT2D eigenvalue weighted by Gasteiger charge is -2.34. The van der Waals surface area contributed by atoms with E-state index in [1.807, 2.05) is 36.7 Å². The van der Waals surface area contributed by atoms with Crippen LogP contribution < -0.4 is 15.0 Å². The number of fused-ring (bicyclic) bond motifs is 1. The molecule has 5 rings (SSSR count). The lowest BCUT2D eigenvalue weighted by atomic mass is 10.0. The lowest BCUT2D eigenvalue weighted by molar-refractivity contribution is -0.119. The molecule has 5 heterocycles. The predicted octanol–water partition coefficient (Wildman–Crippen LogP) is 1.02. The average molecular weight is 500 g/mol. The van der Waals surface area contributed by atoms with E-state index in [4.69, 9.17) is 9.72 Å². The number of hydrogen-bond donors (Lipinski definition) is 1. The molecule has 3 aromatic rings. The van der Waals surface area contributed by atoms with Crippen LogP contribution in [0.2, 0.25) is 0 Å². The number of anilines is 1. The van der Waals surface area contributed by atoms with Crippen LogP contribution in [-0.2, 0) is 21.9 Å². The normalized spacial score (nSPS) is 20.3. The van der Waals surface area contributed by atoms with Gasteiger partial charge >= 0.3 is 0 Å². The van der Waals surface area contributed by atoms with Crippen LogP contribution in [0.15, 0.2) is 30.7 Å². The van der Waals surface area contributed by atoms with Crippen LogP contribution in [0.5, 0.6) is 5.88 Å². The summed E-state index contributed by atoms with van der Waals surface area (Å²) >= 11 is 0. The fourth-order valence-electron chi connectivity index (χ4n) is 4.59. The van der Waals surface area contributed by atoms with Gasteiger partial charge in [0.2, 0.25) is 21.8 Å². The summed E-state index contributed by atoms with van der Waals surface area (Å²) in [6.07, 6.45) is 5.00. The van der Waals surface area contributed by atoms with Crippen molar-refractivity contribution in [1.82, 2.24) is 29.1 Å². The van der Waals surface area contributed by atoms with Gasteiger partial charge in [-0.3, -0.25) is 9.78 Å². The number of imidazole rings is 1. The van der Waals surface area contributed by atoms with Crippen LogP contribution in [0.1, 0.15) is 13.3 Å². The molecule has 2 saturated heterocycles. The first-order chi connectivity index (χ1) is 16.7. The molecular formula is C23H29N7O4S. The summed E-state index contributed by atoms with van der Waals surface area (Å²) < 4.78 is 33.2. The molecule has 1 unspecified atom stereocenters. The number of nitrogens with zero attached hydrogens (tertiary/aromatic N) is 6. The molecule has 1 amide bonds. The number of nitrogens with one attached hydrogen (secondary N) is 1. The van der Waals surface area contributed by atoms with Gasteiger partial charge in [-0.1, -0.05) is 0 Å². The fraction of sp³-hybridized carbons (Fsp3) is 0.478. The third-order valence-corrected chi connectivity index (χ3v) is 8.02. The Hall–Kier alpha value is -3.25. The van der Waals surface area contributed by atoms with Gasteiger partial charge in [-0.25, -0.2) is 18.4 Å². The molecule has 2 atom stereocenters. The summed E-state index contributed by atoms with van der Waals surface area (Å²) in [4.78, 5) is 27.7. The van der Waals surface area contributed by atoms with E-state index < -0.39 is 10.0 Å². The Labute approximate surface area is 204 Å². The third kappa shape index (κ3) is 4.80. The van der Waals surface area contributed by atoms with Gasteiger partial charge in [0.1, 0.15) is 11.6 Å². The number of sulfonamides is 1. The van der Waals surface area contributed by atoms with Gasteiger partial charge in [0.15, 0.2) is 0 Å². The topological polar surface area (TPSA) is 123 Å². The zero-order valence-corrected chi connectivity index (χ0v) is 20.8. The second kappa shape index (κ2) is 9.08. The zero-order valence-electron chi connectivity index (χ0n) is 20.0. The second-order valence-electron chi connectivity index (χ2n) is 9.18. The molecule has 11 nitrogen and oxygen atoms in total. The van der Waals surface area contributed by atoms with E-state index in [0.717, 1.165) is 16.7 Å². The zero-order chi connectivity index (χ0) is 24.7. The van der Waals surface area contributed by atoms with Crippen molar-refractivity contribution in [1.29, 1.82) is 0 Å². The molecule has 0 aliphatic carbocycles. The highest BCUT2D eigenvalue weighted by Crippen LogP contribution is 2.30. The van der Waals surface area contributed by atoms with Crippen molar-refractivity contribution in [3.05, 3.63) is 30.7 Å². The van der Waals surface area contributed by atoms with Crippen molar-refractivity contribution in [2.75, 3.05) is 43.9 Å². The lowest BCUT2D eigenvalue weighted by Crippen LogP contribution is -2.48. The van der Waals surface area contributed by atoms with E-state index in [1.54, 1.807) is 12.5 Å². The summed E-state index contributed by atoms with van der Waals surface area (Å²) in [7, 11) is -1.27. The number of rotatable bonds is 6. The predicted molar refractivity (Wildman–Crippen MR) is 132 cm³/mol. The molecule has 0 bridgehead atoms. The van der Waals surface area contributed by atoms with Gasteiger partial charge in [-0.15, -0.1) is 0 Å². The van der Waals surface area contributed by atoms with E-state index in [-0.39, 0.29) is 17.9 Å². The molecule has 1 N–H and O–H groups in total. The first-order valence-electron chi connectivity index (χ1n) is 11.6. The Morgan fingerprint density at radius 3 is 2.54 bits per heavy atom. The summed E-state index contributed by atoms with van der Waals surface area (Å²) in [6, 6.07) is 5.77. The Morgan fingerprint density at radius 2 is 1.91 bits per heavy atom. The number of ether oxygens (including phenoxy) is 1. The van der Waals surface area contributed by atoms with Crippen molar-refractivity contribution >= 4 is 32.7 Å². The van der Waals surface area contributed by atoms with Crippen molar-refractivity contribution in [2.24, 2.45) is 13.0 Å². The van der Waals surface area contributed by atoms with Gasteiger partial charge in [-0.05, 0) is 25.1 Å². The van der Waals surface area contributed by atoms with E-state index in [9.17, 15) is 13.2 Å². The maximum absolute atomic E-state index is 11.8. The van der Waals surface area contributed by atoms with Gasteiger partial charge in [0.05, 0.1) is 41.4 Å². The molecule has 3 aromatic heterocycles. The average Bonchev–Trinajstić information content (AvgIpc) is 3.44. The van der Waals surface area contributed by atoms with Crippen molar-refractivity contribution in [2.45, 2.75) is 19.4 Å². The highest BCUT2D eigenvalue weighted by atomic mass is 32.2. The first kappa shape index (κ1) is 23.5. The Balaban J connectivity index is 1.37. The van der Waals surface area contributed by atoms with Crippen molar-refractivity contribution < 1.29 is 17.9 Å². The van der Waals surface area contributed by atoms with Crippen LogP contribution in [0.3, 0.4) is 0 Å². The Morgan fingerprint density at radius 1 is 1.14 bits per heavy atom. The van der Waals surface area contributed by atoms with E-state index in [2.05, 4.69) is 20.2 Å². The quantitative estimate of drug-likeness (QED) is 0.533. The van der Waals surface area contributed by atoms with E-state index >= 15 is 0 Å². The minimum atomic E-state index is -3.17. The standard InChI is InChI=1S/C23H29N7O4S/c1-15(16-10-21(31)25-12-16)34-23-22-20(26-14-28(22)2)11-19(27-23)18-5-4-17(13-24-18)29-6-8-30(9-7-29)35(3,32)33/h4-5,11,13-16H,6-10,12H2,1-3H3,(H,25,31)/t15-,16?/m1/s1. The number of amides is 1. The first-order valence-corrected chi connectivity index (χ1v) is 13.5. The van der Waals surface area contributed by atoms with E-state index in [0.29, 0.717) is 56.4 Å². The van der Waals surface area contributed by atoms with Crippen molar-refractivity contribution in [3.63, 3.8) is 0 Å². The molecule has 0 aromatic carbocycles. The molecule has 35 heavy (non-hydrogen) atoms. The van der Waals surface area contributed by atoms with Crippen LogP contribution in [0.25, 0.3) is 22.4 Å². The van der Waals surface area contributed by atoms with Crippen LogP contribution in [0.4, 0.5) is 5.69 Å². The maximum Gasteiger partial charge on any atom is 0.241 e. The summed E-state index contributed by atoms with van der Waals surface area (Å²) in [5, 5.41) is 2.86. The van der Waals surface area contributed by atoms with Crippen LogP contribution in [-0.4, -0.2) is 83.2 Å². The fourth-order valence-corrected chi connectivity index (χ4v) is 5.41. The third-order valence-electron chi connectivity index (χ3n) is 6.72. The SMILES string of the molecule is C[C@@H](Oc1nc(-c2ccc(N3CCN(S(C)(=O)=O)CC3)cn2)cc2ncn(C)c12)C1CNC(=O)C1. The summed E-state index contributed by atoms with van der Waals surface area (Å²) in [5.41, 5.74) is 3.81. The highest BCUT2D eigenvalue weighted by molar-refractivity contribution is 7.88. The molecule has 12 heteroatoms. The largest absolute Gasteiger partial charge is 0.473 e. The van der Waals surface area contributed by atoms with Gasteiger partial charge in [0, 0.05) is 52.1 Å². The smallest absolute Gasteiger partial charge is 0.241 e. The molecule has 186 valence electrons. The number of hydrogen-bond acceptors (Lipinski definition) is 8. The minimum Gasteiger partial charge on any atom is -0.473 e. The number of aromatic nitrogens is 4. The van der Waals surface area contributed by atoms with Crippen LogP contribution >= 0.6 is 0 Å². The molecule has 0 saturated carbocycles. The van der Waals surface area contributed by atoms with Gasteiger partial charge in [-0.2, -0.15) is 4.31 Å². The number of aryl methyl sites for hydroxylation is 1. The minimum absolute atomic E-state index is 0.0415. The Bertz CT molecular complexity index is 1350. The van der Waals surface area contributed by atoms with E-state index in [1.165, 1.54) is 10.6 Å². The summed E-state index contributed by atoms with van der Waals surface area (Å²) in [5.74, 6) is 0.587. The number of carbonyl (C=O) groups is 1. The number of pyridine rings is 2. The molecule has 2 fully saturated rings. The van der Waals surface area contributed by atoms with Gasteiger partial charge in [0.25, 0.3) is 0 Å². The molecular weight excluding hydrogens is 470 g/mol. The number of piperazine rings is 1. The van der Waals surface area contributed by atoms with Crippen molar-refractivity contribution in [3.8, 4) is 17.3 Å². The maximum atomic E-state index is 11.8. The van der Waals surface area contributed by atoms with Crippen LogP contribution in [0, 0.1) is 5.92 Å². The summed E-state index contributed by atoms with van der Waals surface area (Å²) in [6.45, 7) is 4.69. The molecule has 2 aliphatic rings. The number of carbonyl (C=O) groups excluding carboxylic acids is 1. The molecule has 2 aliphatic heterocycles. The molecule has 0 radical (unpaired) electrons. The van der Waals surface area contributed by atoms with Gasteiger partial charge < -0.3 is 19.5 Å². The highest BCUT2D eigenvalue weighted by Gasteiger charge is 2.29. The monoisotopic (exact) mass is 499 g/mol. The second-order valence-corrected chi connectivity index (χ2v) is 11.2.